The van der Waals surface area contributed by atoms with Crippen LogP contribution in [0, 0.1) is 0 Å². The number of hydrogen-bond acceptors (Lipinski definition) is 8. The molecule has 3 aromatic carbocycles. The highest BCUT2D eigenvalue weighted by Crippen LogP contribution is 2.43. The van der Waals surface area contributed by atoms with Crippen LogP contribution in [0.15, 0.2) is 78.0 Å². The first-order valence-electron chi connectivity index (χ1n) is 11.0. The average Bonchev–Trinajstić information content (AvgIpc) is 3.04. The second kappa shape index (κ2) is 10.0. The van der Waals surface area contributed by atoms with Gasteiger partial charge in [0.25, 0.3) is 0 Å². The van der Waals surface area contributed by atoms with Gasteiger partial charge in [0.05, 0.1) is 12.7 Å². The summed E-state index contributed by atoms with van der Waals surface area (Å²) >= 11 is 1.52. The van der Waals surface area contributed by atoms with Gasteiger partial charge in [0.2, 0.25) is 17.3 Å². The van der Waals surface area contributed by atoms with Gasteiger partial charge in [-0.2, -0.15) is 4.98 Å². The van der Waals surface area contributed by atoms with Crippen LogP contribution in [0.2, 0.25) is 0 Å². The molecule has 0 saturated carbocycles. The van der Waals surface area contributed by atoms with Crippen molar-refractivity contribution in [3.8, 4) is 28.6 Å². The van der Waals surface area contributed by atoms with Crippen LogP contribution < -0.4 is 19.5 Å². The van der Waals surface area contributed by atoms with Crippen LogP contribution in [0.3, 0.4) is 0 Å². The summed E-state index contributed by atoms with van der Waals surface area (Å²) in [4.78, 5) is 4.66. The van der Waals surface area contributed by atoms with Crippen molar-refractivity contribution in [1.29, 1.82) is 0 Å². The fourth-order valence-corrected chi connectivity index (χ4v) is 4.27. The molecule has 1 aromatic heterocycles. The number of thioether (sulfide) groups is 1. The molecule has 0 aliphatic carbocycles. The smallest absolute Gasteiger partial charge is 0.247 e. The predicted octanol–water partition coefficient (Wildman–Crippen LogP) is 5.74. The summed E-state index contributed by atoms with van der Waals surface area (Å²) in [6.07, 6.45) is -0.584. The second-order valence-corrected chi connectivity index (χ2v) is 8.75. The summed E-state index contributed by atoms with van der Waals surface area (Å²) in [5, 5.41) is 12.8. The van der Waals surface area contributed by atoms with Crippen molar-refractivity contribution in [2.24, 2.45) is 0 Å². The Kier molecular flexibility index (Phi) is 6.49. The molecule has 0 spiro atoms. The van der Waals surface area contributed by atoms with Crippen LogP contribution in [0.5, 0.6) is 17.4 Å². The third kappa shape index (κ3) is 4.49. The number of nitrogens with zero attached hydrogens (tertiary/aromatic N) is 3. The molecule has 172 valence electrons. The van der Waals surface area contributed by atoms with Gasteiger partial charge >= 0.3 is 0 Å². The maximum Gasteiger partial charge on any atom is 0.247 e. The lowest BCUT2D eigenvalue weighted by molar-refractivity contribution is 0.211. The van der Waals surface area contributed by atoms with E-state index < -0.39 is 6.23 Å². The normalized spacial score (nSPS) is 14.1. The quantitative estimate of drug-likeness (QED) is 0.341. The molecule has 1 atom stereocenters. The van der Waals surface area contributed by atoms with E-state index in [2.05, 4.69) is 20.5 Å². The van der Waals surface area contributed by atoms with E-state index in [0.717, 1.165) is 28.1 Å². The average molecular weight is 473 g/mol. The van der Waals surface area contributed by atoms with Gasteiger partial charge in [-0.3, -0.25) is 0 Å². The summed E-state index contributed by atoms with van der Waals surface area (Å²) < 4.78 is 18.3. The second-order valence-electron chi connectivity index (χ2n) is 7.52. The molecule has 0 bridgehead atoms. The van der Waals surface area contributed by atoms with Crippen molar-refractivity contribution >= 4 is 17.4 Å². The van der Waals surface area contributed by atoms with E-state index in [0.29, 0.717) is 34.8 Å². The van der Waals surface area contributed by atoms with E-state index in [1.165, 1.54) is 11.8 Å². The van der Waals surface area contributed by atoms with Crippen molar-refractivity contribution in [3.05, 3.63) is 83.9 Å². The lowest BCUT2D eigenvalue weighted by atomic mass is 10.1. The lowest BCUT2D eigenvalue weighted by Gasteiger charge is -2.23. The molecule has 1 aliphatic rings. The van der Waals surface area contributed by atoms with E-state index in [-0.39, 0.29) is 0 Å². The van der Waals surface area contributed by atoms with Crippen molar-refractivity contribution in [1.82, 2.24) is 15.2 Å². The number of ether oxygens (including phenoxy) is 3. The SMILES string of the molecule is CCSc1nnc2c(n1)O[C@@H](c1cccc(OC)c1OCc1ccccc1)Nc1ccccc1-2. The van der Waals surface area contributed by atoms with Crippen LogP contribution >= 0.6 is 11.8 Å². The molecule has 2 heterocycles. The zero-order chi connectivity index (χ0) is 23.3. The number of rotatable bonds is 7. The zero-order valence-corrected chi connectivity index (χ0v) is 19.7. The van der Waals surface area contributed by atoms with Crippen molar-refractivity contribution < 1.29 is 14.2 Å². The highest BCUT2D eigenvalue weighted by molar-refractivity contribution is 7.99. The maximum absolute atomic E-state index is 6.43. The van der Waals surface area contributed by atoms with Gasteiger partial charge in [0.1, 0.15) is 6.61 Å². The third-order valence-electron chi connectivity index (χ3n) is 5.34. The van der Waals surface area contributed by atoms with Crippen LogP contribution in [-0.4, -0.2) is 28.0 Å². The van der Waals surface area contributed by atoms with Crippen LogP contribution in [0.1, 0.15) is 24.3 Å². The molecule has 1 N–H and O–H groups in total. The number of benzene rings is 3. The van der Waals surface area contributed by atoms with E-state index in [4.69, 9.17) is 14.2 Å². The highest BCUT2D eigenvalue weighted by atomic mass is 32.2. The minimum absolute atomic E-state index is 0.398. The third-order valence-corrected chi connectivity index (χ3v) is 6.06. The molecule has 0 amide bonds. The molecule has 5 rings (SSSR count). The Bertz CT molecular complexity index is 1290. The van der Waals surface area contributed by atoms with Gasteiger partial charge in [-0.25, -0.2) is 0 Å². The monoisotopic (exact) mass is 472 g/mol. The minimum atomic E-state index is -0.584. The standard InChI is InChI=1S/C26H24N4O3S/c1-3-34-26-28-25-22(29-30-26)18-12-7-8-14-20(18)27-24(33-25)19-13-9-15-21(31-2)23(19)32-16-17-10-5-4-6-11-17/h4-15,24,27H,3,16H2,1-2H3/t24-/m0/s1. The number of nitrogens with one attached hydrogen (secondary N) is 1. The molecule has 7 nitrogen and oxygen atoms in total. The van der Waals surface area contributed by atoms with Crippen LogP contribution in [0.25, 0.3) is 11.3 Å². The topological polar surface area (TPSA) is 78.4 Å². The first kappa shape index (κ1) is 22.0. The fraction of sp³-hybridized carbons (Fsp3) is 0.192. The van der Waals surface area contributed by atoms with E-state index in [1.54, 1.807) is 7.11 Å². The van der Waals surface area contributed by atoms with E-state index in [1.807, 2.05) is 79.7 Å². The minimum Gasteiger partial charge on any atom is -0.493 e. The first-order valence-corrected chi connectivity index (χ1v) is 12.0. The Labute approximate surface area is 202 Å². The molecule has 0 saturated heterocycles. The molecule has 0 radical (unpaired) electrons. The molecular formula is C26H24N4O3S. The van der Waals surface area contributed by atoms with Crippen LogP contribution in [0.4, 0.5) is 5.69 Å². The van der Waals surface area contributed by atoms with Gasteiger partial charge in [-0.15, -0.1) is 10.2 Å². The zero-order valence-electron chi connectivity index (χ0n) is 18.9. The van der Waals surface area contributed by atoms with Crippen molar-refractivity contribution in [3.63, 3.8) is 0 Å². The van der Waals surface area contributed by atoms with E-state index >= 15 is 0 Å². The number of aromatic nitrogens is 3. The van der Waals surface area contributed by atoms with Crippen molar-refractivity contribution in [2.75, 3.05) is 18.2 Å². The molecule has 1 aliphatic heterocycles. The molecule has 0 unspecified atom stereocenters. The number of para-hydroxylation sites is 2. The Morgan fingerprint density at radius 1 is 0.971 bits per heavy atom. The van der Waals surface area contributed by atoms with Gasteiger partial charge in [0, 0.05) is 11.3 Å². The highest BCUT2D eigenvalue weighted by Gasteiger charge is 2.29. The number of methoxy groups -OCH3 is 1. The van der Waals surface area contributed by atoms with Gasteiger partial charge in [-0.1, -0.05) is 73.3 Å². The maximum atomic E-state index is 6.43. The Morgan fingerprint density at radius 3 is 2.62 bits per heavy atom. The molecule has 8 heteroatoms. The molecule has 4 aromatic rings. The summed E-state index contributed by atoms with van der Waals surface area (Å²) in [6, 6.07) is 23.7. The summed E-state index contributed by atoms with van der Waals surface area (Å²) in [7, 11) is 1.63. The van der Waals surface area contributed by atoms with Crippen molar-refractivity contribution in [2.45, 2.75) is 24.9 Å². The van der Waals surface area contributed by atoms with E-state index in [9.17, 15) is 0 Å². The fourth-order valence-electron chi connectivity index (χ4n) is 3.76. The van der Waals surface area contributed by atoms with Crippen LogP contribution in [-0.2, 0) is 6.61 Å². The number of fused-ring (bicyclic) bond motifs is 3. The van der Waals surface area contributed by atoms with Gasteiger partial charge < -0.3 is 19.5 Å². The predicted molar refractivity (Wildman–Crippen MR) is 132 cm³/mol. The first-order chi connectivity index (χ1) is 16.8. The van der Waals surface area contributed by atoms with Gasteiger partial charge in [0.15, 0.2) is 17.2 Å². The largest absolute Gasteiger partial charge is 0.493 e. The summed E-state index contributed by atoms with van der Waals surface area (Å²) in [6.45, 7) is 2.45. The number of hydrogen-bond donors (Lipinski definition) is 1. The molecule has 0 fully saturated rings. The number of anilines is 1. The summed E-state index contributed by atoms with van der Waals surface area (Å²) in [5.41, 5.74) is 4.20. The molecule has 34 heavy (non-hydrogen) atoms. The lowest BCUT2D eigenvalue weighted by Crippen LogP contribution is -2.18. The Morgan fingerprint density at radius 2 is 1.79 bits per heavy atom. The van der Waals surface area contributed by atoms with Gasteiger partial charge in [-0.05, 0) is 29.5 Å². The Balaban J connectivity index is 1.56. The Hall–Kier alpha value is -3.78. The molecular weight excluding hydrogens is 448 g/mol. The summed E-state index contributed by atoms with van der Waals surface area (Å²) in [5.74, 6) is 2.49.